The van der Waals surface area contributed by atoms with Crippen LogP contribution < -0.4 is 10.6 Å². The number of carbonyl (C=O) groups is 1. The van der Waals surface area contributed by atoms with Gasteiger partial charge in [0.15, 0.2) is 5.82 Å². The summed E-state index contributed by atoms with van der Waals surface area (Å²) in [4.78, 5) is 11.8. The van der Waals surface area contributed by atoms with Crippen molar-refractivity contribution in [2.45, 2.75) is 38.8 Å². The number of amides is 2. The molecule has 0 aromatic carbocycles. The molecule has 0 spiro atoms. The molecule has 0 aliphatic carbocycles. The van der Waals surface area contributed by atoms with Crippen LogP contribution in [0.5, 0.6) is 0 Å². The highest BCUT2D eigenvalue weighted by atomic mass is 16.5. The van der Waals surface area contributed by atoms with Gasteiger partial charge in [0.2, 0.25) is 0 Å². The van der Waals surface area contributed by atoms with Gasteiger partial charge in [-0.15, -0.1) is 6.58 Å². The van der Waals surface area contributed by atoms with Crippen molar-refractivity contribution in [1.82, 2.24) is 15.1 Å². The van der Waals surface area contributed by atoms with E-state index in [2.05, 4.69) is 22.3 Å². The van der Waals surface area contributed by atoms with Crippen LogP contribution in [0, 0.1) is 0 Å². The summed E-state index contributed by atoms with van der Waals surface area (Å²) in [5.41, 5.74) is 0. The monoisotopic (exact) mass is 280 g/mol. The molecule has 2 N–H and O–H groups in total. The summed E-state index contributed by atoms with van der Waals surface area (Å²) in [6.07, 6.45) is 5.23. The van der Waals surface area contributed by atoms with E-state index in [1.807, 2.05) is 20.0 Å². The van der Waals surface area contributed by atoms with E-state index < -0.39 is 0 Å². The summed E-state index contributed by atoms with van der Waals surface area (Å²) in [5, 5.41) is 9.90. The lowest BCUT2D eigenvalue weighted by Gasteiger charge is -2.15. The lowest BCUT2D eigenvalue weighted by atomic mass is 10.1. The van der Waals surface area contributed by atoms with Crippen molar-refractivity contribution in [2.75, 3.05) is 19.0 Å². The first-order valence-corrected chi connectivity index (χ1v) is 6.83. The Morgan fingerprint density at radius 3 is 3.00 bits per heavy atom. The van der Waals surface area contributed by atoms with Gasteiger partial charge >= 0.3 is 6.03 Å². The van der Waals surface area contributed by atoms with Gasteiger partial charge in [-0.3, -0.25) is 10.00 Å². The highest BCUT2D eigenvalue weighted by molar-refractivity contribution is 5.88. The van der Waals surface area contributed by atoms with Crippen LogP contribution in [-0.4, -0.2) is 35.6 Å². The third kappa shape index (κ3) is 5.05. The number of hydrogen-bond donors (Lipinski definition) is 2. The molecule has 0 saturated heterocycles. The molecule has 1 rings (SSSR count). The zero-order chi connectivity index (χ0) is 15.0. The first-order valence-electron chi connectivity index (χ1n) is 6.83. The van der Waals surface area contributed by atoms with Gasteiger partial charge < -0.3 is 10.1 Å². The Kier molecular flexibility index (Phi) is 6.79. The van der Waals surface area contributed by atoms with Crippen LogP contribution in [0.2, 0.25) is 0 Å². The molecule has 0 aliphatic rings. The molecule has 0 unspecified atom stereocenters. The second-order valence-corrected chi connectivity index (χ2v) is 4.71. The third-order valence-corrected chi connectivity index (χ3v) is 2.99. The van der Waals surface area contributed by atoms with Gasteiger partial charge in [0, 0.05) is 25.4 Å². The van der Waals surface area contributed by atoms with Gasteiger partial charge in [0.25, 0.3) is 0 Å². The molecule has 0 aliphatic heterocycles. The maximum absolute atomic E-state index is 11.8. The number of rotatable bonds is 8. The molecule has 20 heavy (non-hydrogen) atoms. The zero-order valence-corrected chi connectivity index (χ0v) is 12.4. The Labute approximate surface area is 120 Å². The van der Waals surface area contributed by atoms with E-state index in [0.29, 0.717) is 12.4 Å². The Morgan fingerprint density at radius 1 is 1.65 bits per heavy atom. The summed E-state index contributed by atoms with van der Waals surface area (Å²) in [7, 11) is 1.65. The van der Waals surface area contributed by atoms with Crippen LogP contribution in [0.25, 0.3) is 0 Å². The molecule has 0 saturated carbocycles. The first-order chi connectivity index (χ1) is 9.60. The highest BCUT2D eigenvalue weighted by Crippen LogP contribution is 2.09. The van der Waals surface area contributed by atoms with Gasteiger partial charge in [-0.25, -0.2) is 4.79 Å². The number of ether oxygens (including phenoxy) is 1. The number of aromatic nitrogens is 2. The lowest BCUT2D eigenvalue weighted by molar-refractivity contribution is 0.157. The normalized spacial score (nSPS) is 13.6. The molecule has 0 fully saturated rings. The van der Waals surface area contributed by atoms with Crippen LogP contribution in [0.15, 0.2) is 24.9 Å². The van der Waals surface area contributed by atoms with E-state index >= 15 is 0 Å². The molecule has 6 nitrogen and oxygen atoms in total. The highest BCUT2D eigenvalue weighted by Gasteiger charge is 2.11. The molecule has 1 aromatic rings. The molecule has 1 aromatic heterocycles. The van der Waals surface area contributed by atoms with Crippen molar-refractivity contribution in [1.29, 1.82) is 0 Å². The van der Waals surface area contributed by atoms with Crippen molar-refractivity contribution < 1.29 is 9.53 Å². The first kappa shape index (κ1) is 16.2. The average Bonchev–Trinajstić information content (AvgIpc) is 2.87. The van der Waals surface area contributed by atoms with E-state index in [-0.39, 0.29) is 18.1 Å². The molecular weight excluding hydrogens is 256 g/mol. The average molecular weight is 280 g/mol. The number of urea groups is 1. The van der Waals surface area contributed by atoms with Gasteiger partial charge in [-0.05, 0) is 19.8 Å². The Balaban J connectivity index is 2.51. The van der Waals surface area contributed by atoms with E-state index in [1.54, 1.807) is 23.9 Å². The van der Waals surface area contributed by atoms with Crippen LogP contribution >= 0.6 is 0 Å². The Bertz CT molecular complexity index is 431. The summed E-state index contributed by atoms with van der Waals surface area (Å²) < 4.78 is 6.84. The zero-order valence-electron chi connectivity index (χ0n) is 12.4. The van der Waals surface area contributed by atoms with Gasteiger partial charge in [-0.1, -0.05) is 13.0 Å². The lowest BCUT2D eigenvalue weighted by Crippen LogP contribution is -2.37. The maximum Gasteiger partial charge on any atom is 0.320 e. The van der Waals surface area contributed by atoms with E-state index in [0.717, 1.165) is 12.8 Å². The molecule has 6 heteroatoms. The second kappa shape index (κ2) is 8.37. The quantitative estimate of drug-likeness (QED) is 0.719. The van der Waals surface area contributed by atoms with Crippen LogP contribution in [-0.2, 0) is 4.74 Å². The molecule has 2 atom stereocenters. The minimum absolute atomic E-state index is 0.0991. The maximum atomic E-state index is 11.8. The number of nitrogens with zero attached hydrogens (tertiary/aromatic N) is 2. The summed E-state index contributed by atoms with van der Waals surface area (Å²) in [5.74, 6) is 0.527. The molecule has 1 heterocycles. The van der Waals surface area contributed by atoms with Gasteiger partial charge in [-0.2, -0.15) is 5.10 Å². The number of nitrogens with one attached hydrogen (secondary N) is 2. The third-order valence-electron chi connectivity index (χ3n) is 2.99. The topological polar surface area (TPSA) is 68.2 Å². The minimum Gasteiger partial charge on any atom is -0.382 e. The summed E-state index contributed by atoms with van der Waals surface area (Å²) >= 11 is 0. The van der Waals surface area contributed by atoms with Gasteiger partial charge in [0.1, 0.15) is 0 Å². The van der Waals surface area contributed by atoms with Crippen LogP contribution in [0.3, 0.4) is 0 Å². The Morgan fingerprint density at radius 2 is 2.40 bits per heavy atom. The fraction of sp³-hybridized carbons (Fsp3) is 0.571. The molecular formula is C14H24N4O2. The molecule has 112 valence electrons. The van der Waals surface area contributed by atoms with Crippen LogP contribution in [0.1, 0.15) is 32.7 Å². The summed E-state index contributed by atoms with van der Waals surface area (Å²) in [6, 6.07) is 1.74. The molecule has 0 bridgehead atoms. The predicted octanol–water partition coefficient (Wildman–Crippen LogP) is 2.57. The SMILES string of the molecule is C=CC[C@@H](CC)NC(=O)Nc1ccn([C@H](C)COC)n1. The standard InChI is InChI=1S/C14H24N4O2/c1-5-7-12(6-2)15-14(19)16-13-8-9-18(17-13)11(3)10-20-4/h5,8-9,11-12H,1,6-7,10H2,2-4H3,(H2,15,16,17,19)/t11-,12-/m1/s1. The van der Waals surface area contributed by atoms with E-state index in [1.165, 1.54) is 0 Å². The Hall–Kier alpha value is -1.82. The number of anilines is 1. The van der Waals surface area contributed by atoms with E-state index in [9.17, 15) is 4.79 Å². The van der Waals surface area contributed by atoms with Crippen molar-refractivity contribution >= 4 is 11.8 Å². The predicted molar refractivity (Wildman–Crippen MR) is 79.9 cm³/mol. The molecule has 0 radical (unpaired) electrons. The van der Waals surface area contributed by atoms with Crippen molar-refractivity contribution in [2.24, 2.45) is 0 Å². The van der Waals surface area contributed by atoms with Crippen molar-refractivity contribution in [3.8, 4) is 0 Å². The van der Waals surface area contributed by atoms with Crippen LogP contribution in [0.4, 0.5) is 10.6 Å². The fourth-order valence-corrected chi connectivity index (χ4v) is 1.83. The number of carbonyl (C=O) groups excluding carboxylic acids is 1. The minimum atomic E-state index is -0.247. The molecule has 2 amide bonds. The fourth-order valence-electron chi connectivity index (χ4n) is 1.83. The smallest absolute Gasteiger partial charge is 0.320 e. The van der Waals surface area contributed by atoms with Crippen molar-refractivity contribution in [3.05, 3.63) is 24.9 Å². The second-order valence-electron chi connectivity index (χ2n) is 4.71. The van der Waals surface area contributed by atoms with E-state index in [4.69, 9.17) is 4.74 Å². The number of hydrogen-bond acceptors (Lipinski definition) is 3. The largest absolute Gasteiger partial charge is 0.382 e. The van der Waals surface area contributed by atoms with Gasteiger partial charge in [0.05, 0.1) is 12.6 Å². The number of methoxy groups -OCH3 is 1. The summed E-state index contributed by atoms with van der Waals surface area (Å²) in [6.45, 7) is 8.28. The van der Waals surface area contributed by atoms with Crippen molar-refractivity contribution in [3.63, 3.8) is 0 Å².